The molecule has 0 amide bonds. The number of rotatable bonds is 4. The predicted molar refractivity (Wildman–Crippen MR) is 91.2 cm³/mol. The van der Waals surface area contributed by atoms with Crippen molar-refractivity contribution in [3.05, 3.63) is 76.1 Å². The zero-order valence-electron chi connectivity index (χ0n) is 13.1. The summed E-state index contributed by atoms with van der Waals surface area (Å²) >= 11 is 0. The van der Waals surface area contributed by atoms with Gasteiger partial charge in [-0.15, -0.1) is 0 Å². The summed E-state index contributed by atoms with van der Waals surface area (Å²) in [7, 11) is 0. The van der Waals surface area contributed by atoms with E-state index in [4.69, 9.17) is 0 Å². The van der Waals surface area contributed by atoms with Gasteiger partial charge in [0, 0.05) is 17.8 Å². The molecule has 1 aromatic carbocycles. The minimum atomic E-state index is -1.54. The van der Waals surface area contributed by atoms with Crippen molar-refractivity contribution in [2.45, 2.75) is 0 Å². The number of carboxylic acid groups (broad SMARTS) is 2. The van der Waals surface area contributed by atoms with E-state index in [0.29, 0.717) is 5.69 Å². The molecule has 0 spiro atoms. The molecule has 0 aliphatic heterocycles. The molecule has 2 heterocycles. The van der Waals surface area contributed by atoms with E-state index < -0.39 is 28.7 Å². The van der Waals surface area contributed by atoms with Gasteiger partial charge in [0.1, 0.15) is 17.1 Å². The van der Waals surface area contributed by atoms with E-state index in [1.807, 2.05) is 0 Å². The van der Waals surface area contributed by atoms with Gasteiger partial charge in [0.15, 0.2) is 0 Å². The van der Waals surface area contributed by atoms with Crippen LogP contribution in [0.25, 0.3) is 22.7 Å². The highest BCUT2D eigenvalue weighted by Crippen LogP contribution is 2.20. The van der Waals surface area contributed by atoms with Gasteiger partial charge in [-0.25, -0.2) is 14.0 Å². The number of halogens is 1. The third kappa shape index (κ3) is 3.07. The highest BCUT2D eigenvalue weighted by atomic mass is 19.1. The summed E-state index contributed by atoms with van der Waals surface area (Å²) in [5.41, 5.74) is -1.54. The molecular formula is C18H11FN2O5. The van der Waals surface area contributed by atoms with Gasteiger partial charge in [-0.05, 0) is 36.4 Å². The molecular weight excluding hydrogens is 343 g/mol. The molecule has 0 unspecified atom stereocenters. The van der Waals surface area contributed by atoms with Gasteiger partial charge < -0.3 is 14.8 Å². The van der Waals surface area contributed by atoms with Crippen molar-refractivity contribution in [2.24, 2.45) is 0 Å². The first-order chi connectivity index (χ1) is 12.4. The smallest absolute Gasteiger partial charge is 0.352 e. The Bertz CT molecular complexity index is 1120. The van der Waals surface area contributed by atoms with Crippen LogP contribution in [0.2, 0.25) is 0 Å². The average molecular weight is 354 g/mol. The van der Waals surface area contributed by atoms with Crippen LogP contribution in [0.1, 0.15) is 16.1 Å². The van der Waals surface area contributed by atoms with Crippen molar-refractivity contribution in [1.82, 2.24) is 9.55 Å². The zero-order valence-corrected chi connectivity index (χ0v) is 13.1. The minimum absolute atomic E-state index is 0.0611. The first kappa shape index (κ1) is 17.0. The maximum Gasteiger partial charge on any atom is 0.352 e. The Morgan fingerprint density at radius 3 is 2.54 bits per heavy atom. The van der Waals surface area contributed by atoms with E-state index >= 15 is 0 Å². The number of aliphatic carboxylic acids is 1. The lowest BCUT2D eigenvalue weighted by Crippen LogP contribution is -2.20. The third-order valence-electron chi connectivity index (χ3n) is 3.65. The number of aromatic nitrogens is 2. The van der Waals surface area contributed by atoms with Crippen LogP contribution in [0.5, 0.6) is 0 Å². The Balaban J connectivity index is 2.40. The van der Waals surface area contributed by atoms with Gasteiger partial charge >= 0.3 is 11.9 Å². The zero-order chi connectivity index (χ0) is 18.8. The van der Waals surface area contributed by atoms with E-state index in [-0.39, 0.29) is 16.6 Å². The van der Waals surface area contributed by atoms with Crippen molar-refractivity contribution in [2.75, 3.05) is 0 Å². The van der Waals surface area contributed by atoms with E-state index in [1.165, 1.54) is 18.3 Å². The van der Waals surface area contributed by atoms with Crippen molar-refractivity contribution >= 4 is 34.6 Å². The molecule has 3 aromatic rings. The maximum atomic E-state index is 13.6. The average Bonchev–Trinajstić information content (AvgIpc) is 2.61. The van der Waals surface area contributed by atoms with Gasteiger partial charge in [0.2, 0.25) is 5.43 Å². The van der Waals surface area contributed by atoms with E-state index in [0.717, 1.165) is 22.9 Å². The van der Waals surface area contributed by atoms with Crippen LogP contribution in [0, 0.1) is 5.82 Å². The Hall–Kier alpha value is -3.81. The molecule has 0 saturated carbocycles. The lowest BCUT2D eigenvalue weighted by Gasteiger charge is -2.13. The second kappa shape index (κ2) is 6.60. The van der Waals surface area contributed by atoms with Gasteiger partial charge in [-0.3, -0.25) is 9.78 Å². The number of carbonyl (C=O) groups is 2. The van der Waals surface area contributed by atoms with E-state index in [2.05, 4.69) is 4.98 Å². The molecule has 8 heteroatoms. The molecule has 7 nitrogen and oxygen atoms in total. The molecule has 0 aliphatic carbocycles. The summed E-state index contributed by atoms with van der Waals surface area (Å²) in [4.78, 5) is 39.4. The second-order valence-electron chi connectivity index (χ2n) is 5.30. The number of pyridine rings is 2. The first-order valence-corrected chi connectivity index (χ1v) is 7.33. The van der Waals surface area contributed by atoms with Gasteiger partial charge in [0.25, 0.3) is 0 Å². The Morgan fingerprint density at radius 1 is 1.15 bits per heavy atom. The van der Waals surface area contributed by atoms with Crippen LogP contribution >= 0.6 is 0 Å². The lowest BCUT2D eigenvalue weighted by molar-refractivity contribution is -0.130. The van der Waals surface area contributed by atoms with Gasteiger partial charge in [-0.1, -0.05) is 6.07 Å². The lowest BCUT2D eigenvalue weighted by atomic mass is 10.1. The van der Waals surface area contributed by atoms with E-state index in [1.54, 1.807) is 18.2 Å². The fraction of sp³-hybridized carbons (Fsp3) is 0. The number of fused-ring (bicyclic) bond motifs is 1. The molecule has 0 bridgehead atoms. The van der Waals surface area contributed by atoms with Crippen molar-refractivity contribution in [3.8, 4) is 0 Å². The van der Waals surface area contributed by atoms with Crippen molar-refractivity contribution < 1.29 is 24.2 Å². The molecule has 130 valence electrons. The van der Waals surface area contributed by atoms with Crippen LogP contribution < -0.4 is 5.43 Å². The number of aromatic carboxylic acids is 1. The molecule has 3 rings (SSSR count). The largest absolute Gasteiger partial charge is 0.477 e. The summed E-state index contributed by atoms with van der Waals surface area (Å²) < 4.78 is 14.6. The SMILES string of the molecule is O=C(O)/C(=C/c1ccccn1)n1cc(C(=O)O)c(=O)c2cc(F)ccc21. The van der Waals surface area contributed by atoms with Gasteiger partial charge in [-0.2, -0.15) is 0 Å². The van der Waals surface area contributed by atoms with E-state index in [9.17, 15) is 29.0 Å². The van der Waals surface area contributed by atoms with Crippen LogP contribution in [0.15, 0.2) is 53.6 Å². The van der Waals surface area contributed by atoms with Crippen molar-refractivity contribution in [3.63, 3.8) is 0 Å². The highest BCUT2D eigenvalue weighted by molar-refractivity contribution is 6.16. The standard InChI is InChI=1S/C18H11FN2O5/c19-10-4-5-14-12(7-10)16(22)13(17(23)24)9-21(14)15(18(25)26)8-11-3-1-2-6-20-11/h1-9H,(H,23,24)(H,25,26)/b15-8-. The summed E-state index contributed by atoms with van der Waals surface area (Å²) in [6, 6.07) is 8.01. The first-order valence-electron chi connectivity index (χ1n) is 7.33. The number of benzene rings is 1. The fourth-order valence-electron chi connectivity index (χ4n) is 2.49. The Kier molecular flexibility index (Phi) is 4.32. The molecule has 2 N–H and O–H groups in total. The molecule has 0 radical (unpaired) electrons. The quantitative estimate of drug-likeness (QED) is 0.696. The Morgan fingerprint density at radius 2 is 1.92 bits per heavy atom. The topological polar surface area (TPSA) is 109 Å². The molecule has 26 heavy (non-hydrogen) atoms. The molecule has 2 aromatic heterocycles. The normalized spacial score (nSPS) is 11.5. The maximum absolute atomic E-state index is 13.6. The molecule has 0 fully saturated rings. The number of nitrogens with zero attached hydrogens (tertiary/aromatic N) is 2. The highest BCUT2D eigenvalue weighted by Gasteiger charge is 2.19. The number of hydrogen-bond donors (Lipinski definition) is 2. The minimum Gasteiger partial charge on any atom is -0.477 e. The number of hydrogen-bond acceptors (Lipinski definition) is 4. The predicted octanol–water partition coefficient (Wildman–Crippen LogP) is 2.32. The Labute approximate surface area is 145 Å². The van der Waals surface area contributed by atoms with Crippen LogP contribution in [0.4, 0.5) is 4.39 Å². The van der Waals surface area contributed by atoms with Crippen LogP contribution in [-0.2, 0) is 4.79 Å². The second-order valence-corrected chi connectivity index (χ2v) is 5.30. The molecule has 0 aliphatic rings. The van der Waals surface area contributed by atoms with Crippen LogP contribution in [0.3, 0.4) is 0 Å². The summed E-state index contributed by atoms with van der Waals surface area (Å²) in [6.07, 6.45) is 3.60. The summed E-state index contributed by atoms with van der Waals surface area (Å²) in [5, 5.41) is 18.6. The summed E-state index contributed by atoms with van der Waals surface area (Å²) in [5.74, 6) is -3.66. The summed E-state index contributed by atoms with van der Waals surface area (Å²) in [6.45, 7) is 0. The number of carboxylic acids is 2. The molecule has 0 atom stereocenters. The third-order valence-corrected chi connectivity index (χ3v) is 3.65. The van der Waals surface area contributed by atoms with Crippen molar-refractivity contribution in [1.29, 1.82) is 0 Å². The van der Waals surface area contributed by atoms with Crippen LogP contribution in [-0.4, -0.2) is 31.7 Å². The monoisotopic (exact) mass is 354 g/mol. The fourth-order valence-corrected chi connectivity index (χ4v) is 2.49. The molecule has 0 saturated heterocycles. The van der Waals surface area contributed by atoms with Gasteiger partial charge in [0.05, 0.1) is 11.2 Å².